The monoisotopic (exact) mass is 281 g/mol. The van der Waals surface area contributed by atoms with E-state index >= 15 is 0 Å². The summed E-state index contributed by atoms with van der Waals surface area (Å²) >= 11 is 0. The van der Waals surface area contributed by atoms with Crippen LogP contribution in [0, 0.1) is 0 Å². The van der Waals surface area contributed by atoms with E-state index in [0.717, 1.165) is 25.9 Å². The highest BCUT2D eigenvalue weighted by Gasteiger charge is 2.28. The Hall–Kier alpha value is -1.71. The maximum absolute atomic E-state index is 6.43. The van der Waals surface area contributed by atoms with Crippen molar-refractivity contribution < 1.29 is 0 Å². The number of hydrogen-bond acceptors (Lipinski definition) is 3. The number of benzene rings is 1. The molecule has 2 heterocycles. The zero-order valence-corrected chi connectivity index (χ0v) is 12.6. The minimum atomic E-state index is 0.138. The Morgan fingerprint density at radius 3 is 2.71 bits per heavy atom. The maximum Gasteiger partial charge on any atom is 0.0517 e. The lowest BCUT2D eigenvalue weighted by Crippen LogP contribution is -2.43. The van der Waals surface area contributed by atoms with E-state index in [4.69, 9.17) is 5.73 Å². The summed E-state index contributed by atoms with van der Waals surface area (Å²) in [6.45, 7) is 4.19. The largest absolute Gasteiger partial charge is 0.326 e. The summed E-state index contributed by atoms with van der Waals surface area (Å²) in [5.74, 6) is 0. The van der Waals surface area contributed by atoms with E-state index in [9.17, 15) is 0 Å². The van der Waals surface area contributed by atoms with E-state index in [0.29, 0.717) is 0 Å². The van der Waals surface area contributed by atoms with Gasteiger partial charge in [0.2, 0.25) is 0 Å². The molecule has 3 nitrogen and oxygen atoms in total. The maximum atomic E-state index is 6.43. The van der Waals surface area contributed by atoms with Crippen LogP contribution in [-0.2, 0) is 13.0 Å². The van der Waals surface area contributed by atoms with E-state index in [1.165, 1.54) is 16.7 Å². The van der Waals surface area contributed by atoms with Crippen molar-refractivity contribution in [2.75, 3.05) is 6.54 Å². The van der Waals surface area contributed by atoms with Gasteiger partial charge < -0.3 is 5.73 Å². The fraction of sp³-hybridized carbons (Fsp3) is 0.389. The lowest BCUT2D eigenvalue weighted by Gasteiger charge is -2.38. The zero-order chi connectivity index (χ0) is 14.7. The topological polar surface area (TPSA) is 42.1 Å². The minimum absolute atomic E-state index is 0.138. The lowest BCUT2D eigenvalue weighted by atomic mass is 9.93. The smallest absolute Gasteiger partial charge is 0.0517 e. The molecule has 0 spiro atoms. The van der Waals surface area contributed by atoms with Gasteiger partial charge in [0.05, 0.1) is 6.04 Å². The first-order valence-corrected chi connectivity index (χ1v) is 7.76. The summed E-state index contributed by atoms with van der Waals surface area (Å²) in [7, 11) is 0. The molecule has 0 radical (unpaired) electrons. The SMILES string of the molecule is CCC(N)C(c1cccnc1)N1CCc2ccccc2C1. The molecule has 0 bridgehead atoms. The second-order valence-corrected chi connectivity index (χ2v) is 5.79. The molecule has 21 heavy (non-hydrogen) atoms. The Bertz CT molecular complexity index is 582. The average Bonchev–Trinajstić information content (AvgIpc) is 2.56. The Balaban J connectivity index is 1.88. The first-order valence-electron chi connectivity index (χ1n) is 7.76. The molecule has 0 saturated heterocycles. The minimum Gasteiger partial charge on any atom is -0.326 e. The number of fused-ring (bicyclic) bond motifs is 1. The van der Waals surface area contributed by atoms with Crippen molar-refractivity contribution in [2.45, 2.75) is 38.4 Å². The molecule has 0 aliphatic carbocycles. The second-order valence-electron chi connectivity index (χ2n) is 5.79. The van der Waals surface area contributed by atoms with Crippen LogP contribution in [0.25, 0.3) is 0 Å². The summed E-state index contributed by atoms with van der Waals surface area (Å²) in [4.78, 5) is 6.79. The molecule has 0 amide bonds. The van der Waals surface area contributed by atoms with E-state index in [-0.39, 0.29) is 12.1 Å². The molecule has 2 aromatic rings. The van der Waals surface area contributed by atoms with Gasteiger partial charge in [-0.3, -0.25) is 9.88 Å². The third kappa shape index (κ3) is 2.99. The van der Waals surface area contributed by atoms with Gasteiger partial charge in [-0.1, -0.05) is 37.3 Å². The van der Waals surface area contributed by atoms with Crippen molar-refractivity contribution in [3.05, 3.63) is 65.5 Å². The first kappa shape index (κ1) is 14.2. The van der Waals surface area contributed by atoms with E-state index < -0.39 is 0 Å². The molecule has 110 valence electrons. The van der Waals surface area contributed by atoms with Gasteiger partial charge in [0.25, 0.3) is 0 Å². The molecular formula is C18H23N3. The van der Waals surface area contributed by atoms with Crippen molar-refractivity contribution in [1.29, 1.82) is 0 Å². The van der Waals surface area contributed by atoms with Gasteiger partial charge in [-0.25, -0.2) is 0 Å². The normalized spacial score (nSPS) is 18.0. The Morgan fingerprint density at radius 2 is 2.00 bits per heavy atom. The predicted octanol–water partition coefficient (Wildman–Crippen LogP) is 2.92. The standard InChI is InChI=1S/C18H23N3/c1-2-17(19)18(15-8-5-10-20-12-15)21-11-9-14-6-3-4-7-16(14)13-21/h3-8,10,12,17-18H,2,9,11,13,19H2,1H3. The number of rotatable bonds is 4. The van der Waals surface area contributed by atoms with Gasteiger partial charge in [0.15, 0.2) is 0 Å². The fourth-order valence-electron chi connectivity index (χ4n) is 3.26. The van der Waals surface area contributed by atoms with Gasteiger partial charge in [0, 0.05) is 31.5 Å². The number of hydrogen-bond donors (Lipinski definition) is 1. The van der Waals surface area contributed by atoms with Crippen LogP contribution in [0.2, 0.25) is 0 Å². The Morgan fingerprint density at radius 1 is 1.19 bits per heavy atom. The van der Waals surface area contributed by atoms with Gasteiger partial charge in [-0.15, -0.1) is 0 Å². The zero-order valence-electron chi connectivity index (χ0n) is 12.6. The van der Waals surface area contributed by atoms with Crippen molar-refractivity contribution in [2.24, 2.45) is 5.73 Å². The molecule has 1 aliphatic heterocycles. The van der Waals surface area contributed by atoms with Crippen LogP contribution in [0.1, 0.15) is 36.1 Å². The summed E-state index contributed by atoms with van der Waals surface area (Å²) in [5.41, 5.74) is 10.6. The highest BCUT2D eigenvalue weighted by molar-refractivity contribution is 5.30. The van der Waals surface area contributed by atoms with Crippen molar-refractivity contribution in [1.82, 2.24) is 9.88 Å². The van der Waals surface area contributed by atoms with Gasteiger partial charge in [0.1, 0.15) is 0 Å². The molecule has 2 unspecified atom stereocenters. The van der Waals surface area contributed by atoms with Crippen molar-refractivity contribution in [3.63, 3.8) is 0 Å². The summed E-state index contributed by atoms with van der Waals surface area (Å²) in [6.07, 6.45) is 5.85. The highest BCUT2D eigenvalue weighted by Crippen LogP contribution is 2.30. The summed E-state index contributed by atoms with van der Waals surface area (Å²) < 4.78 is 0. The summed E-state index contributed by atoms with van der Waals surface area (Å²) in [5, 5.41) is 0. The van der Waals surface area contributed by atoms with Gasteiger partial charge in [-0.2, -0.15) is 0 Å². The third-order valence-electron chi connectivity index (χ3n) is 4.46. The number of aromatic nitrogens is 1. The molecule has 2 N–H and O–H groups in total. The average molecular weight is 281 g/mol. The van der Waals surface area contributed by atoms with Crippen LogP contribution in [0.3, 0.4) is 0 Å². The highest BCUT2D eigenvalue weighted by atomic mass is 15.2. The number of pyridine rings is 1. The molecule has 1 aromatic heterocycles. The van der Waals surface area contributed by atoms with E-state index in [1.54, 1.807) is 0 Å². The molecule has 1 aromatic carbocycles. The van der Waals surface area contributed by atoms with Gasteiger partial charge >= 0.3 is 0 Å². The molecule has 0 saturated carbocycles. The van der Waals surface area contributed by atoms with Gasteiger partial charge in [-0.05, 0) is 35.6 Å². The van der Waals surface area contributed by atoms with Crippen LogP contribution in [-0.4, -0.2) is 22.5 Å². The molecule has 2 atom stereocenters. The number of nitrogens with zero attached hydrogens (tertiary/aromatic N) is 2. The van der Waals surface area contributed by atoms with Crippen LogP contribution < -0.4 is 5.73 Å². The molecule has 3 heteroatoms. The second kappa shape index (κ2) is 6.37. The van der Waals surface area contributed by atoms with Crippen molar-refractivity contribution >= 4 is 0 Å². The Labute approximate surface area is 126 Å². The quantitative estimate of drug-likeness (QED) is 0.937. The predicted molar refractivity (Wildman–Crippen MR) is 85.8 cm³/mol. The van der Waals surface area contributed by atoms with Crippen molar-refractivity contribution in [3.8, 4) is 0 Å². The number of nitrogens with two attached hydrogens (primary N) is 1. The van der Waals surface area contributed by atoms with Crippen LogP contribution >= 0.6 is 0 Å². The fourth-order valence-corrected chi connectivity index (χ4v) is 3.26. The van der Waals surface area contributed by atoms with Crippen LogP contribution in [0.15, 0.2) is 48.8 Å². The third-order valence-corrected chi connectivity index (χ3v) is 4.46. The molecule has 0 fully saturated rings. The van der Waals surface area contributed by atoms with Crippen LogP contribution in [0.5, 0.6) is 0 Å². The molecular weight excluding hydrogens is 258 g/mol. The molecule has 1 aliphatic rings. The van der Waals surface area contributed by atoms with E-state index in [1.807, 2.05) is 18.5 Å². The summed E-state index contributed by atoms with van der Waals surface area (Å²) in [6, 6.07) is 13.3. The van der Waals surface area contributed by atoms with Crippen LogP contribution in [0.4, 0.5) is 0 Å². The van der Waals surface area contributed by atoms with E-state index in [2.05, 4.69) is 47.1 Å². The molecule has 3 rings (SSSR count). The Kier molecular flexibility index (Phi) is 4.32. The first-order chi connectivity index (χ1) is 10.3. The lowest BCUT2D eigenvalue weighted by molar-refractivity contribution is 0.152.